The summed E-state index contributed by atoms with van der Waals surface area (Å²) in [6.07, 6.45) is 5.93. The van der Waals surface area contributed by atoms with Gasteiger partial charge in [0.2, 0.25) is 0 Å². The first-order chi connectivity index (χ1) is 6.79. The Hall–Kier alpha value is -1.18. The van der Waals surface area contributed by atoms with Gasteiger partial charge in [-0.1, -0.05) is 25.3 Å². The molecule has 1 fully saturated rings. The molecule has 1 aromatic carbocycles. The smallest absolute Gasteiger partial charge is 0.161 e. The number of hydrogen-bond donors (Lipinski definition) is 2. The third-order valence-corrected chi connectivity index (χ3v) is 2.99. The Labute approximate surface area is 84.2 Å². The van der Waals surface area contributed by atoms with Crippen molar-refractivity contribution in [3.05, 3.63) is 23.8 Å². The maximum Gasteiger partial charge on any atom is 0.161 e. The lowest BCUT2D eigenvalue weighted by Crippen LogP contribution is -2.04. The molecule has 2 nitrogen and oxygen atoms in total. The molecule has 0 heterocycles. The fourth-order valence-corrected chi connectivity index (χ4v) is 2.20. The average Bonchev–Trinajstić information content (AvgIpc) is 2.23. The van der Waals surface area contributed by atoms with Crippen LogP contribution in [0.4, 0.5) is 0 Å². The normalized spacial score (nSPS) is 18.3. The van der Waals surface area contributed by atoms with Crippen molar-refractivity contribution < 1.29 is 10.2 Å². The van der Waals surface area contributed by atoms with E-state index in [1.807, 2.05) is 0 Å². The lowest BCUT2D eigenvalue weighted by molar-refractivity contribution is 0.380. The number of rotatable bonds is 1. The lowest BCUT2D eigenvalue weighted by Gasteiger charge is -2.22. The van der Waals surface area contributed by atoms with Crippen LogP contribution in [0.15, 0.2) is 12.1 Å². The van der Waals surface area contributed by atoms with Crippen molar-refractivity contribution in [3.63, 3.8) is 0 Å². The molecule has 2 N–H and O–H groups in total. The molecule has 0 atom stereocenters. The number of phenols is 2. The predicted molar refractivity (Wildman–Crippen MR) is 54.4 cm³/mol. The molecule has 0 aliphatic heterocycles. The molecule has 1 saturated carbocycles. The van der Waals surface area contributed by atoms with E-state index >= 15 is 0 Å². The highest BCUT2D eigenvalue weighted by molar-refractivity contribution is 5.45. The Kier molecular flexibility index (Phi) is 2.62. The van der Waals surface area contributed by atoms with Crippen molar-refractivity contribution in [2.75, 3.05) is 0 Å². The molecule has 1 aromatic rings. The van der Waals surface area contributed by atoms with E-state index in [9.17, 15) is 10.2 Å². The number of benzene rings is 1. The molecule has 2 heteroatoms. The summed E-state index contributed by atoms with van der Waals surface area (Å²) in [4.78, 5) is 0. The first-order valence-electron chi connectivity index (χ1n) is 5.21. The van der Waals surface area contributed by atoms with Crippen LogP contribution in [0.2, 0.25) is 0 Å². The van der Waals surface area contributed by atoms with Crippen LogP contribution in [0, 0.1) is 6.07 Å². The molecule has 14 heavy (non-hydrogen) atoms. The number of aromatic hydroxyl groups is 2. The highest BCUT2D eigenvalue weighted by atomic mass is 16.3. The van der Waals surface area contributed by atoms with Crippen LogP contribution < -0.4 is 0 Å². The molecule has 0 spiro atoms. The molecule has 0 saturated heterocycles. The van der Waals surface area contributed by atoms with Crippen LogP contribution in [0.3, 0.4) is 0 Å². The van der Waals surface area contributed by atoms with Gasteiger partial charge in [0.15, 0.2) is 11.5 Å². The van der Waals surface area contributed by atoms with Gasteiger partial charge in [-0.15, -0.1) is 0 Å². The maximum absolute atomic E-state index is 9.67. The van der Waals surface area contributed by atoms with Gasteiger partial charge in [0.1, 0.15) is 0 Å². The molecular formula is C12H15O2. The first kappa shape index (κ1) is 9.38. The van der Waals surface area contributed by atoms with Crippen molar-refractivity contribution in [1.82, 2.24) is 0 Å². The minimum Gasteiger partial charge on any atom is -0.504 e. The van der Waals surface area contributed by atoms with Crippen LogP contribution in [0.1, 0.15) is 43.6 Å². The minimum atomic E-state index is -0.0238. The van der Waals surface area contributed by atoms with Crippen molar-refractivity contribution in [3.8, 4) is 11.5 Å². The zero-order valence-electron chi connectivity index (χ0n) is 8.16. The van der Waals surface area contributed by atoms with Crippen LogP contribution in [0.5, 0.6) is 11.5 Å². The standard InChI is InChI=1S/C12H15O2/c13-11-8-4-7-10(12(11)14)9-5-2-1-3-6-9/h4,8-9,13-14H,1-3,5-6H2. The Morgan fingerprint density at radius 2 is 1.86 bits per heavy atom. The first-order valence-corrected chi connectivity index (χ1v) is 5.21. The van der Waals surface area contributed by atoms with Gasteiger partial charge in [0.25, 0.3) is 0 Å². The molecule has 1 radical (unpaired) electrons. The summed E-state index contributed by atoms with van der Waals surface area (Å²) < 4.78 is 0. The van der Waals surface area contributed by atoms with E-state index in [0.29, 0.717) is 5.92 Å². The summed E-state index contributed by atoms with van der Waals surface area (Å²) >= 11 is 0. The van der Waals surface area contributed by atoms with Gasteiger partial charge in [-0.2, -0.15) is 0 Å². The number of phenolic OH excluding ortho intramolecular Hbond substituents is 2. The van der Waals surface area contributed by atoms with E-state index in [1.165, 1.54) is 25.3 Å². The van der Waals surface area contributed by atoms with Crippen molar-refractivity contribution in [2.45, 2.75) is 38.0 Å². The van der Waals surface area contributed by atoms with Crippen molar-refractivity contribution in [1.29, 1.82) is 0 Å². The lowest BCUT2D eigenvalue weighted by atomic mass is 9.83. The van der Waals surface area contributed by atoms with E-state index in [4.69, 9.17) is 0 Å². The average molecular weight is 191 g/mol. The van der Waals surface area contributed by atoms with Crippen molar-refractivity contribution in [2.24, 2.45) is 0 Å². The zero-order valence-corrected chi connectivity index (χ0v) is 8.16. The summed E-state index contributed by atoms with van der Waals surface area (Å²) in [6.45, 7) is 0. The molecule has 0 bridgehead atoms. The van der Waals surface area contributed by atoms with E-state index in [2.05, 4.69) is 6.07 Å². The fraction of sp³-hybridized carbons (Fsp3) is 0.500. The SMILES string of the molecule is Oc1cc[c]c(C2CCCCC2)c1O. The van der Waals surface area contributed by atoms with Crippen LogP contribution >= 0.6 is 0 Å². The minimum absolute atomic E-state index is 0.0238. The van der Waals surface area contributed by atoms with Gasteiger partial charge >= 0.3 is 0 Å². The summed E-state index contributed by atoms with van der Waals surface area (Å²) in [6, 6.07) is 6.19. The van der Waals surface area contributed by atoms with Gasteiger partial charge in [0.05, 0.1) is 0 Å². The van der Waals surface area contributed by atoms with Gasteiger partial charge in [-0.25, -0.2) is 0 Å². The predicted octanol–water partition coefficient (Wildman–Crippen LogP) is 2.95. The maximum atomic E-state index is 9.67. The van der Waals surface area contributed by atoms with Crippen LogP contribution in [0.25, 0.3) is 0 Å². The molecule has 0 unspecified atom stereocenters. The molecule has 75 valence electrons. The Balaban J connectivity index is 2.26. The highest BCUT2D eigenvalue weighted by Gasteiger charge is 2.19. The second kappa shape index (κ2) is 3.91. The van der Waals surface area contributed by atoms with Crippen LogP contribution in [-0.2, 0) is 0 Å². The molecule has 0 aromatic heterocycles. The molecule has 1 aliphatic rings. The van der Waals surface area contributed by atoms with Gasteiger partial charge in [-0.3, -0.25) is 0 Å². The number of hydrogen-bond acceptors (Lipinski definition) is 2. The summed E-state index contributed by atoms with van der Waals surface area (Å²) in [5, 5.41) is 19.0. The monoisotopic (exact) mass is 191 g/mol. The quantitative estimate of drug-likeness (QED) is 0.670. The van der Waals surface area contributed by atoms with E-state index in [1.54, 1.807) is 6.07 Å². The van der Waals surface area contributed by atoms with Gasteiger partial charge in [-0.05, 0) is 30.9 Å². The topological polar surface area (TPSA) is 40.5 Å². The Bertz CT molecular complexity index is 314. The second-order valence-corrected chi connectivity index (χ2v) is 3.96. The third-order valence-electron chi connectivity index (χ3n) is 2.99. The van der Waals surface area contributed by atoms with Gasteiger partial charge < -0.3 is 10.2 Å². The van der Waals surface area contributed by atoms with Crippen molar-refractivity contribution >= 4 is 0 Å². The second-order valence-electron chi connectivity index (χ2n) is 3.96. The fourth-order valence-electron chi connectivity index (χ4n) is 2.20. The van der Waals surface area contributed by atoms with E-state index in [-0.39, 0.29) is 11.5 Å². The molecule has 1 aliphatic carbocycles. The molecule has 2 rings (SSSR count). The molecule has 0 amide bonds. The summed E-state index contributed by atoms with van der Waals surface area (Å²) in [5.41, 5.74) is 0.796. The summed E-state index contributed by atoms with van der Waals surface area (Å²) in [5.74, 6) is 0.388. The third kappa shape index (κ3) is 1.69. The summed E-state index contributed by atoms with van der Waals surface area (Å²) in [7, 11) is 0. The van der Waals surface area contributed by atoms with Gasteiger partial charge in [0, 0.05) is 5.56 Å². The van der Waals surface area contributed by atoms with E-state index in [0.717, 1.165) is 18.4 Å². The highest BCUT2D eigenvalue weighted by Crippen LogP contribution is 2.40. The largest absolute Gasteiger partial charge is 0.504 e. The Morgan fingerprint density at radius 1 is 1.14 bits per heavy atom. The van der Waals surface area contributed by atoms with Crippen LogP contribution in [-0.4, -0.2) is 10.2 Å². The Morgan fingerprint density at radius 3 is 2.57 bits per heavy atom. The van der Waals surface area contributed by atoms with E-state index < -0.39 is 0 Å². The molecular weight excluding hydrogens is 176 g/mol. The zero-order chi connectivity index (χ0) is 9.97.